The number of nitrogens with zero attached hydrogens (tertiary/aromatic N) is 3. The molecule has 0 spiro atoms. The molecule has 1 fully saturated rings. The number of nitrogens with one attached hydrogen (secondary N) is 1. The normalized spacial score (nSPS) is 19.4. The van der Waals surface area contributed by atoms with Crippen LogP contribution in [0.1, 0.15) is 53.0 Å². The van der Waals surface area contributed by atoms with Crippen LogP contribution in [0.15, 0.2) is 36.4 Å². The number of aryl methyl sites for hydroxylation is 2. The SMILES string of the molecule is C[C@@H]1c2nn(C)c(-c3cc(F)cc(F)c3)c2CCN1C(=O)c1ccc(CCC2CNC(=O)C2)cc1Cl. The molecule has 36 heavy (non-hydrogen) atoms. The molecule has 2 aliphatic heterocycles. The fourth-order valence-corrected chi connectivity index (χ4v) is 5.64. The monoisotopic (exact) mass is 512 g/mol. The van der Waals surface area contributed by atoms with Gasteiger partial charge in [-0.1, -0.05) is 17.7 Å². The molecule has 9 heteroatoms. The van der Waals surface area contributed by atoms with Gasteiger partial charge in [0.2, 0.25) is 5.91 Å². The summed E-state index contributed by atoms with van der Waals surface area (Å²) < 4.78 is 29.4. The Kier molecular flexibility index (Phi) is 6.55. The highest BCUT2D eigenvalue weighted by Gasteiger charge is 2.34. The van der Waals surface area contributed by atoms with Gasteiger partial charge in [0, 0.05) is 43.8 Å². The smallest absolute Gasteiger partial charge is 0.255 e. The summed E-state index contributed by atoms with van der Waals surface area (Å²) in [4.78, 5) is 26.6. The highest BCUT2D eigenvalue weighted by atomic mass is 35.5. The molecule has 1 saturated heterocycles. The van der Waals surface area contributed by atoms with E-state index in [2.05, 4.69) is 10.4 Å². The van der Waals surface area contributed by atoms with Crippen molar-refractivity contribution in [1.82, 2.24) is 20.0 Å². The number of benzene rings is 2. The topological polar surface area (TPSA) is 67.2 Å². The van der Waals surface area contributed by atoms with E-state index in [4.69, 9.17) is 11.6 Å². The number of fused-ring (bicyclic) bond motifs is 1. The number of halogens is 3. The Hall–Kier alpha value is -3.26. The maximum atomic E-state index is 13.9. The molecule has 3 aromatic rings. The van der Waals surface area contributed by atoms with Gasteiger partial charge in [-0.3, -0.25) is 14.3 Å². The Bertz CT molecular complexity index is 1340. The third-order valence-electron chi connectivity index (χ3n) is 7.21. The van der Waals surface area contributed by atoms with Crippen LogP contribution < -0.4 is 5.32 Å². The average Bonchev–Trinajstić information content (AvgIpc) is 3.39. The summed E-state index contributed by atoms with van der Waals surface area (Å²) >= 11 is 6.54. The van der Waals surface area contributed by atoms with Crippen LogP contribution in [0.4, 0.5) is 8.78 Å². The van der Waals surface area contributed by atoms with E-state index in [9.17, 15) is 18.4 Å². The summed E-state index contributed by atoms with van der Waals surface area (Å²) in [7, 11) is 1.74. The van der Waals surface area contributed by atoms with Crippen molar-refractivity contribution in [3.05, 3.63) is 75.4 Å². The van der Waals surface area contributed by atoms with Gasteiger partial charge in [-0.15, -0.1) is 0 Å². The minimum absolute atomic E-state index is 0.0981. The number of hydrogen-bond acceptors (Lipinski definition) is 3. The molecule has 0 aliphatic carbocycles. The molecule has 2 atom stereocenters. The summed E-state index contributed by atoms with van der Waals surface area (Å²) in [6, 6.07) is 8.62. The van der Waals surface area contributed by atoms with E-state index in [1.807, 2.05) is 19.1 Å². The van der Waals surface area contributed by atoms with Gasteiger partial charge < -0.3 is 10.2 Å². The number of aromatic nitrogens is 2. The van der Waals surface area contributed by atoms with Gasteiger partial charge in [-0.05, 0) is 61.9 Å². The van der Waals surface area contributed by atoms with Gasteiger partial charge in [0.05, 0.1) is 28.0 Å². The molecular formula is C27H27ClF2N4O2. The van der Waals surface area contributed by atoms with Gasteiger partial charge in [-0.2, -0.15) is 5.10 Å². The lowest BCUT2D eigenvalue weighted by Crippen LogP contribution is -2.39. The summed E-state index contributed by atoms with van der Waals surface area (Å²) in [5.74, 6) is -1.05. The van der Waals surface area contributed by atoms with E-state index in [1.54, 1.807) is 22.7 Å². The molecule has 1 aromatic heterocycles. The minimum Gasteiger partial charge on any atom is -0.356 e. The molecule has 0 radical (unpaired) electrons. The third kappa shape index (κ3) is 4.62. The number of hydrogen-bond donors (Lipinski definition) is 1. The van der Waals surface area contributed by atoms with Gasteiger partial charge in [0.1, 0.15) is 11.6 Å². The number of rotatable bonds is 5. The maximum absolute atomic E-state index is 13.9. The maximum Gasteiger partial charge on any atom is 0.255 e. The summed E-state index contributed by atoms with van der Waals surface area (Å²) in [5, 5.41) is 7.86. The van der Waals surface area contributed by atoms with Crippen LogP contribution in [-0.2, 0) is 24.7 Å². The second kappa shape index (κ2) is 9.65. The van der Waals surface area contributed by atoms with Gasteiger partial charge in [0.15, 0.2) is 0 Å². The first-order valence-corrected chi connectivity index (χ1v) is 12.5. The van der Waals surface area contributed by atoms with Gasteiger partial charge in [0.25, 0.3) is 5.91 Å². The fourth-order valence-electron chi connectivity index (χ4n) is 5.36. The van der Waals surface area contributed by atoms with E-state index in [0.29, 0.717) is 59.4 Å². The van der Waals surface area contributed by atoms with Crippen molar-refractivity contribution in [1.29, 1.82) is 0 Å². The van der Waals surface area contributed by atoms with Crippen molar-refractivity contribution in [2.75, 3.05) is 13.1 Å². The highest BCUT2D eigenvalue weighted by molar-refractivity contribution is 6.33. The summed E-state index contributed by atoms with van der Waals surface area (Å²) in [5.41, 5.74) is 4.14. The van der Waals surface area contributed by atoms with Crippen LogP contribution >= 0.6 is 11.6 Å². The van der Waals surface area contributed by atoms with Crippen molar-refractivity contribution in [3.8, 4) is 11.3 Å². The fraction of sp³-hybridized carbons (Fsp3) is 0.370. The zero-order valence-electron chi connectivity index (χ0n) is 20.2. The van der Waals surface area contributed by atoms with Gasteiger partial charge >= 0.3 is 0 Å². The van der Waals surface area contributed by atoms with Crippen LogP contribution in [0, 0.1) is 17.6 Å². The molecular weight excluding hydrogens is 486 g/mol. The molecule has 2 aromatic carbocycles. The molecule has 0 bridgehead atoms. The van der Waals surface area contributed by atoms with Crippen molar-refractivity contribution < 1.29 is 18.4 Å². The molecule has 1 N–H and O–H groups in total. The Morgan fingerprint density at radius 2 is 1.94 bits per heavy atom. The zero-order valence-corrected chi connectivity index (χ0v) is 20.9. The molecule has 0 saturated carbocycles. The quantitative estimate of drug-likeness (QED) is 0.531. The van der Waals surface area contributed by atoms with Crippen molar-refractivity contribution in [2.24, 2.45) is 13.0 Å². The van der Waals surface area contributed by atoms with Gasteiger partial charge in [-0.25, -0.2) is 8.78 Å². The molecule has 188 valence electrons. The van der Waals surface area contributed by atoms with Crippen molar-refractivity contribution >= 4 is 23.4 Å². The zero-order chi connectivity index (χ0) is 25.6. The average molecular weight is 513 g/mol. The Morgan fingerprint density at radius 1 is 1.19 bits per heavy atom. The van der Waals surface area contributed by atoms with E-state index >= 15 is 0 Å². The number of carbonyl (C=O) groups excluding carboxylic acids is 2. The van der Waals surface area contributed by atoms with E-state index in [0.717, 1.165) is 30.0 Å². The van der Waals surface area contributed by atoms with E-state index < -0.39 is 11.6 Å². The lowest BCUT2D eigenvalue weighted by Gasteiger charge is -2.33. The Balaban J connectivity index is 1.34. The molecule has 2 aliphatic rings. The van der Waals surface area contributed by atoms with Crippen molar-refractivity contribution in [2.45, 2.75) is 38.6 Å². The molecule has 5 rings (SSSR count). The first-order chi connectivity index (χ1) is 17.2. The number of carbonyl (C=O) groups is 2. The predicted molar refractivity (Wildman–Crippen MR) is 133 cm³/mol. The standard InChI is InChI=1S/C27H27ClF2N4O2/c1-15-25-22(26(33(2)32-25)18-11-19(29)13-20(30)12-18)7-8-34(15)27(36)21-6-5-16(9-23(21)28)3-4-17-10-24(35)31-14-17/h5-6,9,11-13,15,17H,3-4,7-8,10,14H2,1-2H3,(H,31,35)/t15-,17?/m1/s1. The van der Waals surface area contributed by atoms with Crippen molar-refractivity contribution in [3.63, 3.8) is 0 Å². The number of amides is 2. The van der Waals surface area contributed by atoms with Crippen LogP contribution in [0.2, 0.25) is 5.02 Å². The summed E-state index contributed by atoms with van der Waals surface area (Å²) in [6.45, 7) is 3.05. The molecule has 2 amide bonds. The van der Waals surface area contributed by atoms with Crippen LogP contribution in [0.25, 0.3) is 11.3 Å². The molecule has 3 heterocycles. The first kappa shape index (κ1) is 24.4. The minimum atomic E-state index is -0.646. The largest absolute Gasteiger partial charge is 0.356 e. The second-order valence-electron chi connectivity index (χ2n) is 9.65. The summed E-state index contributed by atoms with van der Waals surface area (Å²) in [6.07, 6.45) is 2.74. The lowest BCUT2D eigenvalue weighted by atomic mass is 9.94. The Labute approximate surface area is 213 Å². The van der Waals surface area contributed by atoms with Crippen LogP contribution in [-0.4, -0.2) is 39.6 Å². The highest BCUT2D eigenvalue weighted by Crippen LogP contribution is 2.37. The lowest BCUT2D eigenvalue weighted by molar-refractivity contribution is -0.119. The van der Waals surface area contributed by atoms with E-state index in [1.165, 1.54) is 12.1 Å². The second-order valence-corrected chi connectivity index (χ2v) is 10.1. The van der Waals surface area contributed by atoms with Crippen LogP contribution in [0.3, 0.4) is 0 Å². The Morgan fingerprint density at radius 3 is 2.61 bits per heavy atom. The predicted octanol–water partition coefficient (Wildman–Crippen LogP) is 4.85. The third-order valence-corrected chi connectivity index (χ3v) is 7.52. The first-order valence-electron chi connectivity index (χ1n) is 12.1. The molecule has 6 nitrogen and oxygen atoms in total. The molecule has 1 unspecified atom stereocenters. The van der Waals surface area contributed by atoms with E-state index in [-0.39, 0.29) is 17.9 Å². The van der Waals surface area contributed by atoms with Crippen LogP contribution in [0.5, 0.6) is 0 Å².